The molecule has 2 rings (SSSR count). The van der Waals surface area contributed by atoms with Crippen LogP contribution in [-0.4, -0.2) is 21.4 Å². The zero-order valence-corrected chi connectivity index (χ0v) is 10.9. The van der Waals surface area contributed by atoms with Crippen LogP contribution in [0.4, 0.5) is 0 Å². The minimum atomic E-state index is 0.0399. The maximum absolute atomic E-state index is 9.85. The van der Waals surface area contributed by atoms with Crippen LogP contribution in [0.15, 0.2) is 24.4 Å². The van der Waals surface area contributed by atoms with E-state index in [9.17, 15) is 5.11 Å². The van der Waals surface area contributed by atoms with Crippen molar-refractivity contribution in [1.29, 1.82) is 0 Å². The zero-order chi connectivity index (χ0) is 12.6. The maximum Gasteiger partial charge on any atom is 0.214 e. The number of nitrogens with zero attached hydrogens (tertiary/aromatic N) is 2. The summed E-state index contributed by atoms with van der Waals surface area (Å²) in [6, 6.07) is 5.13. The fraction of sp³-hybridized carbons (Fsp3) is 0.182. The first-order valence-electron chi connectivity index (χ1n) is 4.86. The van der Waals surface area contributed by atoms with Crippen LogP contribution in [0.2, 0.25) is 5.02 Å². The molecular weight excluding hydrogens is 260 g/mol. The van der Waals surface area contributed by atoms with E-state index in [1.54, 1.807) is 36.9 Å². The molecule has 1 aromatic heterocycles. The van der Waals surface area contributed by atoms with Crippen LogP contribution in [-0.2, 0) is 7.05 Å². The highest BCUT2D eigenvalue weighted by molar-refractivity contribution is 7.71. The molecule has 0 saturated carbocycles. The second kappa shape index (κ2) is 4.43. The molecule has 1 N–H and O–H groups in total. The van der Waals surface area contributed by atoms with Crippen LogP contribution >= 0.6 is 23.8 Å². The predicted octanol–water partition coefficient (Wildman–Crippen LogP) is 2.91. The molecule has 0 saturated heterocycles. The van der Waals surface area contributed by atoms with Crippen molar-refractivity contribution in [3.8, 4) is 17.3 Å². The average Bonchev–Trinajstić information content (AvgIpc) is 2.53. The molecule has 0 spiro atoms. The van der Waals surface area contributed by atoms with E-state index in [-0.39, 0.29) is 5.88 Å². The van der Waals surface area contributed by atoms with Crippen molar-refractivity contribution in [2.75, 3.05) is 7.11 Å². The Balaban J connectivity index is 2.75. The normalized spacial score (nSPS) is 10.5. The third-order valence-electron chi connectivity index (χ3n) is 2.41. The van der Waals surface area contributed by atoms with Crippen LogP contribution in [0.25, 0.3) is 5.69 Å². The second-order valence-electron chi connectivity index (χ2n) is 3.53. The lowest BCUT2D eigenvalue weighted by atomic mass is 10.3. The number of halogens is 1. The number of aromatic nitrogens is 2. The first kappa shape index (κ1) is 12.0. The SMILES string of the molecule is COc1ccc(Cl)cc1-n1c(O)cn(C)c1=S. The Hall–Kier alpha value is -1.46. The lowest BCUT2D eigenvalue weighted by Gasteiger charge is -2.10. The molecule has 0 bridgehead atoms. The fourth-order valence-corrected chi connectivity index (χ4v) is 2.02. The molecule has 0 atom stereocenters. The number of aromatic hydroxyl groups is 1. The van der Waals surface area contributed by atoms with Gasteiger partial charge < -0.3 is 14.4 Å². The molecule has 1 heterocycles. The largest absolute Gasteiger partial charge is 0.495 e. The van der Waals surface area contributed by atoms with Crippen molar-refractivity contribution in [3.63, 3.8) is 0 Å². The quantitative estimate of drug-likeness (QED) is 0.853. The number of ether oxygens (including phenoxy) is 1. The third kappa shape index (κ3) is 2.03. The molecule has 0 radical (unpaired) electrons. The van der Waals surface area contributed by atoms with E-state index in [0.29, 0.717) is 21.2 Å². The number of benzene rings is 1. The Labute approximate surface area is 109 Å². The van der Waals surface area contributed by atoms with E-state index in [1.807, 2.05) is 0 Å². The number of hydrogen-bond acceptors (Lipinski definition) is 3. The molecular formula is C11H11ClN2O2S. The Morgan fingerprint density at radius 1 is 1.41 bits per heavy atom. The van der Waals surface area contributed by atoms with Crippen LogP contribution in [0.5, 0.6) is 11.6 Å². The van der Waals surface area contributed by atoms with Crippen molar-refractivity contribution >= 4 is 23.8 Å². The summed E-state index contributed by atoms with van der Waals surface area (Å²) in [5.74, 6) is 0.630. The molecule has 6 heteroatoms. The molecule has 1 aromatic carbocycles. The summed E-state index contributed by atoms with van der Waals surface area (Å²) in [4.78, 5) is 0. The van der Waals surface area contributed by atoms with Crippen molar-refractivity contribution in [2.45, 2.75) is 0 Å². The van der Waals surface area contributed by atoms with E-state index < -0.39 is 0 Å². The minimum absolute atomic E-state index is 0.0399. The Morgan fingerprint density at radius 2 is 2.12 bits per heavy atom. The number of imidazole rings is 1. The van der Waals surface area contributed by atoms with Crippen LogP contribution in [0, 0.1) is 4.77 Å². The number of rotatable bonds is 2. The highest BCUT2D eigenvalue weighted by Crippen LogP contribution is 2.30. The summed E-state index contributed by atoms with van der Waals surface area (Å²) in [6.45, 7) is 0. The fourth-order valence-electron chi connectivity index (χ4n) is 1.61. The van der Waals surface area contributed by atoms with Gasteiger partial charge in [0.25, 0.3) is 0 Å². The van der Waals surface area contributed by atoms with E-state index >= 15 is 0 Å². The summed E-state index contributed by atoms with van der Waals surface area (Å²) in [6.07, 6.45) is 1.53. The molecule has 0 aliphatic carbocycles. The van der Waals surface area contributed by atoms with Gasteiger partial charge in [-0.3, -0.25) is 4.57 Å². The summed E-state index contributed by atoms with van der Waals surface area (Å²) in [5.41, 5.74) is 0.614. The number of hydrogen-bond donors (Lipinski definition) is 1. The summed E-state index contributed by atoms with van der Waals surface area (Å²) in [7, 11) is 3.31. The van der Waals surface area contributed by atoms with Crippen molar-refractivity contribution in [1.82, 2.24) is 9.13 Å². The Morgan fingerprint density at radius 3 is 2.65 bits per heavy atom. The third-order valence-corrected chi connectivity index (χ3v) is 3.12. The van der Waals surface area contributed by atoms with Gasteiger partial charge in [-0.15, -0.1) is 0 Å². The lowest BCUT2D eigenvalue weighted by molar-refractivity contribution is 0.405. The molecule has 0 amide bonds. The van der Waals surface area contributed by atoms with E-state index in [0.717, 1.165) is 0 Å². The van der Waals surface area contributed by atoms with Crippen molar-refractivity contribution < 1.29 is 9.84 Å². The standard InChI is InChI=1S/C11H11ClN2O2S/c1-13-6-10(15)14(11(13)17)8-5-7(12)3-4-9(8)16-2/h3-6,15H,1-2H3. The molecule has 17 heavy (non-hydrogen) atoms. The van der Waals surface area contributed by atoms with Gasteiger partial charge in [0.1, 0.15) is 5.75 Å². The van der Waals surface area contributed by atoms with Gasteiger partial charge in [0.05, 0.1) is 19.0 Å². The Kier molecular flexibility index (Phi) is 3.13. The number of methoxy groups -OCH3 is 1. The van der Waals surface area contributed by atoms with Gasteiger partial charge in [0, 0.05) is 12.1 Å². The molecule has 0 unspecified atom stereocenters. The molecule has 0 aliphatic rings. The van der Waals surface area contributed by atoms with Crippen molar-refractivity contribution in [2.24, 2.45) is 7.05 Å². The average molecular weight is 271 g/mol. The lowest BCUT2D eigenvalue weighted by Crippen LogP contribution is -1.99. The van der Waals surface area contributed by atoms with E-state index in [4.69, 9.17) is 28.6 Å². The molecule has 0 aliphatic heterocycles. The first-order valence-corrected chi connectivity index (χ1v) is 5.64. The smallest absolute Gasteiger partial charge is 0.214 e. The van der Waals surface area contributed by atoms with Gasteiger partial charge in [-0.25, -0.2) is 0 Å². The van der Waals surface area contributed by atoms with E-state index in [1.165, 1.54) is 10.8 Å². The highest BCUT2D eigenvalue weighted by atomic mass is 35.5. The van der Waals surface area contributed by atoms with Gasteiger partial charge in [-0.05, 0) is 30.4 Å². The molecule has 90 valence electrons. The van der Waals surface area contributed by atoms with Crippen LogP contribution < -0.4 is 4.74 Å². The van der Waals surface area contributed by atoms with Gasteiger partial charge in [-0.1, -0.05) is 11.6 Å². The summed E-state index contributed by atoms with van der Waals surface area (Å²) >= 11 is 11.2. The monoisotopic (exact) mass is 270 g/mol. The first-order chi connectivity index (χ1) is 8.04. The summed E-state index contributed by atoms with van der Waals surface area (Å²) < 4.78 is 8.83. The zero-order valence-electron chi connectivity index (χ0n) is 9.35. The summed E-state index contributed by atoms with van der Waals surface area (Å²) in [5, 5.41) is 10.4. The van der Waals surface area contributed by atoms with Gasteiger partial charge >= 0.3 is 0 Å². The highest BCUT2D eigenvalue weighted by Gasteiger charge is 2.12. The number of aryl methyl sites for hydroxylation is 1. The second-order valence-corrected chi connectivity index (χ2v) is 4.33. The van der Waals surface area contributed by atoms with Gasteiger partial charge in [-0.2, -0.15) is 0 Å². The minimum Gasteiger partial charge on any atom is -0.495 e. The van der Waals surface area contributed by atoms with Crippen molar-refractivity contribution in [3.05, 3.63) is 34.2 Å². The van der Waals surface area contributed by atoms with E-state index in [2.05, 4.69) is 0 Å². The molecule has 4 nitrogen and oxygen atoms in total. The topological polar surface area (TPSA) is 39.3 Å². The van der Waals surface area contributed by atoms with Gasteiger partial charge in [0.15, 0.2) is 4.77 Å². The maximum atomic E-state index is 9.85. The van der Waals surface area contributed by atoms with Crippen LogP contribution in [0.1, 0.15) is 0 Å². The van der Waals surface area contributed by atoms with Crippen LogP contribution in [0.3, 0.4) is 0 Å². The molecule has 2 aromatic rings. The Bertz CT molecular complexity index is 618. The predicted molar refractivity (Wildman–Crippen MR) is 68.8 cm³/mol. The van der Waals surface area contributed by atoms with Gasteiger partial charge in [0.2, 0.25) is 5.88 Å². The molecule has 0 fully saturated rings.